The Morgan fingerprint density at radius 1 is 1.44 bits per heavy atom. The van der Waals surface area contributed by atoms with Crippen LogP contribution in [-0.2, 0) is 18.3 Å². The van der Waals surface area contributed by atoms with Crippen LogP contribution in [0, 0.1) is 0 Å². The van der Waals surface area contributed by atoms with Crippen LogP contribution in [0.25, 0.3) is 0 Å². The summed E-state index contributed by atoms with van der Waals surface area (Å²) in [6.07, 6.45) is -2.29. The lowest BCUT2D eigenvalue weighted by atomic mass is 10.1. The highest BCUT2D eigenvalue weighted by atomic mass is 31.2. The second-order valence-electron chi connectivity index (χ2n) is 6.04. The van der Waals surface area contributed by atoms with E-state index in [2.05, 4.69) is 4.52 Å². The molecule has 0 radical (unpaired) electrons. The van der Waals surface area contributed by atoms with Gasteiger partial charge >= 0.3 is 0 Å². The molecule has 2 heterocycles. The maximum atomic E-state index is 11.6. The van der Waals surface area contributed by atoms with Crippen molar-refractivity contribution in [3.63, 3.8) is 0 Å². The lowest BCUT2D eigenvalue weighted by molar-refractivity contribution is -0.765. The first-order valence-electron chi connectivity index (χ1n) is 7.78. The van der Waals surface area contributed by atoms with Gasteiger partial charge in [-0.25, -0.2) is 0 Å². The van der Waals surface area contributed by atoms with Crippen molar-refractivity contribution in [1.82, 2.24) is 0 Å². The molecule has 1 aromatic rings. The Morgan fingerprint density at radius 2 is 2.12 bits per heavy atom. The molecule has 2 rings (SSSR count). The molecular formula is C15H22NO8P. The number of aliphatic hydroxyl groups excluding tert-OH is 2. The van der Waals surface area contributed by atoms with Crippen LogP contribution in [0.4, 0.5) is 0 Å². The fourth-order valence-electron chi connectivity index (χ4n) is 2.43. The number of Topliss-reactive ketones (excluding diaryl/α,β-unsaturated/α-hetero) is 1. The van der Waals surface area contributed by atoms with Gasteiger partial charge in [0.2, 0.25) is 0 Å². The molecule has 0 spiro atoms. The van der Waals surface area contributed by atoms with Crippen LogP contribution in [0.15, 0.2) is 24.5 Å². The Balaban J connectivity index is 2.07. The number of hydrogen-bond donors (Lipinski definition) is 2. The van der Waals surface area contributed by atoms with E-state index in [1.807, 2.05) is 0 Å². The first-order valence-corrected chi connectivity index (χ1v) is 9.24. The Morgan fingerprint density at radius 3 is 2.72 bits per heavy atom. The number of ketones is 1. The SMILES string of the molecule is CC(=O)c1ccc[n+](C2O[C@H](COP(=O)([O-])OC(C)C)[C@@H](O)[C@H]2O)c1. The van der Waals surface area contributed by atoms with Crippen molar-refractivity contribution in [3.8, 4) is 0 Å². The van der Waals surface area contributed by atoms with Gasteiger partial charge in [0.05, 0.1) is 18.3 Å². The van der Waals surface area contributed by atoms with Gasteiger partial charge in [0.1, 0.15) is 12.2 Å². The highest BCUT2D eigenvalue weighted by Gasteiger charge is 2.48. The molecule has 5 atom stereocenters. The van der Waals surface area contributed by atoms with Gasteiger partial charge in [-0.1, -0.05) is 0 Å². The number of carbonyl (C=O) groups excluding carboxylic acids is 1. The molecule has 1 aliphatic heterocycles. The second-order valence-corrected chi connectivity index (χ2v) is 7.40. The van der Waals surface area contributed by atoms with Crippen molar-refractivity contribution in [2.45, 2.75) is 51.4 Å². The van der Waals surface area contributed by atoms with E-state index in [1.165, 1.54) is 31.5 Å². The predicted octanol–water partition coefficient (Wildman–Crippen LogP) is -0.294. The summed E-state index contributed by atoms with van der Waals surface area (Å²) >= 11 is 0. The molecule has 140 valence electrons. The summed E-state index contributed by atoms with van der Waals surface area (Å²) in [4.78, 5) is 23.1. The van der Waals surface area contributed by atoms with Gasteiger partial charge in [0.25, 0.3) is 14.1 Å². The average Bonchev–Trinajstić information content (AvgIpc) is 2.80. The smallest absolute Gasteiger partial charge is 0.292 e. The third-order valence-corrected chi connectivity index (χ3v) is 4.74. The number of ether oxygens (including phenoxy) is 1. The Kier molecular flexibility index (Phi) is 6.45. The van der Waals surface area contributed by atoms with E-state index in [1.54, 1.807) is 18.3 Å². The fourth-order valence-corrected chi connectivity index (χ4v) is 3.33. The molecule has 2 unspecified atom stereocenters. The number of rotatable bonds is 7. The Labute approximate surface area is 145 Å². The largest absolute Gasteiger partial charge is 0.756 e. The maximum Gasteiger partial charge on any atom is 0.292 e. The molecule has 1 saturated heterocycles. The molecule has 25 heavy (non-hydrogen) atoms. The number of aliphatic hydroxyl groups is 2. The first-order chi connectivity index (χ1) is 11.6. The quantitative estimate of drug-likeness (QED) is 0.378. The topological polar surface area (TPSA) is 129 Å². The summed E-state index contributed by atoms with van der Waals surface area (Å²) < 4.78 is 27.9. The van der Waals surface area contributed by atoms with Crippen LogP contribution in [0.2, 0.25) is 0 Å². The van der Waals surface area contributed by atoms with Crippen molar-refractivity contribution < 1.29 is 42.8 Å². The summed E-state index contributed by atoms with van der Waals surface area (Å²) in [7, 11) is -4.53. The van der Waals surface area contributed by atoms with Crippen LogP contribution < -0.4 is 9.46 Å². The van der Waals surface area contributed by atoms with Crippen LogP contribution in [0.3, 0.4) is 0 Å². The lowest BCUT2D eigenvalue weighted by Crippen LogP contribution is -2.46. The van der Waals surface area contributed by atoms with Crippen LogP contribution in [-0.4, -0.2) is 47.0 Å². The van der Waals surface area contributed by atoms with Crippen LogP contribution >= 0.6 is 7.82 Å². The van der Waals surface area contributed by atoms with Gasteiger partial charge in [0, 0.05) is 6.07 Å². The Hall–Kier alpha value is -1.19. The van der Waals surface area contributed by atoms with Gasteiger partial charge in [-0.3, -0.25) is 9.36 Å². The van der Waals surface area contributed by atoms with Crippen molar-refractivity contribution in [1.29, 1.82) is 0 Å². The molecule has 0 saturated carbocycles. The minimum atomic E-state index is -4.53. The zero-order valence-corrected chi connectivity index (χ0v) is 15.0. The van der Waals surface area contributed by atoms with E-state index < -0.39 is 45.1 Å². The van der Waals surface area contributed by atoms with Gasteiger partial charge in [-0.15, -0.1) is 0 Å². The Bertz CT molecular complexity index is 667. The number of hydrogen-bond acceptors (Lipinski definition) is 8. The molecule has 1 aromatic heterocycles. The summed E-state index contributed by atoms with van der Waals surface area (Å²) in [5.41, 5.74) is 0.405. The zero-order valence-electron chi connectivity index (χ0n) is 14.1. The van der Waals surface area contributed by atoms with E-state index in [0.29, 0.717) is 5.56 Å². The highest BCUT2D eigenvalue weighted by molar-refractivity contribution is 7.45. The van der Waals surface area contributed by atoms with E-state index in [9.17, 15) is 24.5 Å². The van der Waals surface area contributed by atoms with Crippen molar-refractivity contribution >= 4 is 13.6 Å². The van der Waals surface area contributed by atoms with Crippen molar-refractivity contribution in [2.75, 3.05) is 6.61 Å². The number of phosphoric acid groups is 1. The molecule has 9 nitrogen and oxygen atoms in total. The standard InChI is InChI=1S/C15H22NO8P/c1-9(2)24-25(20,21)22-8-12-13(18)14(19)15(23-12)16-6-4-5-11(7-16)10(3)17/h4-7,9,12-15,18-19H,8H2,1-3H3/t12-,13-,14-,15?/m1/s1. The van der Waals surface area contributed by atoms with Gasteiger partial charge in [0.15, 0.2) is 24.3 Å². The van der Waals surface area contributed by atoms with E-state index in [-0.39, 0.29) is 5.78 Å². The number of pyridine rings is 1. The molecule has 10 heteroatoms. The summed E-state index contributed by atoms with van der Waals surface area (Å²) in [6.45, 7) is 3.97. The molecule has 0 aromatic carbocycles. The second kappa shape index (κ2) is 8.01. The fraction of sp³-hybridized carbons (Fsp3) is 0.600. The minimum absolute atomic E-state index is 0.166. The third kappa shape index (κ3) is 5.15. The van der Waals surface area contributed by atoms with Crippen LogP contribution in [0.1, 0.15) is 37.4 Å². The van der Waals surface area contributed by atoms with Gasteiger partial charge in [-0.05, 0) is 26.8 Å². The first kappa shape index (κ1) is 20.1. The molecule has 0 amide bonds. The van der Waals surface area contributed by atoms with Gasteiger partial charge in [-0.2, -0.15) is 4.57 Å². The maximum absolute atomic E-state index is 11.6. The van der Waals surface area contributed by atoms with Gasteiger partial charge < -0.3 is 28.9 Å². The number of carbonyl (C=O) groups is 1. The average molecular weight is 375 g/mol. The van der Waals surface area contributed by atoms with E-state index >= 15 is 0 Å². The lowest BCUT2D eigenvalue weighted by Gasteiger charge is -2.26. The third-order valence-electron chi connectivity index (χ3n) is 3.60. The molecule has 0 aliphatic carbocycles. The molecule has 0 bridgehead atoms. The van der Waals surface area contributed by atoms with E-state index in [0.717, 1.165) is 0 Å². The molecule has 2 N–H and O–H groups in total. The van der Waals surface area contributed by atoms with E-state index in [4.69, 9.17) is 9.26 Å². The predicted molar refractivity (Wildman–Crippen MR) is 82.3 cm³/mol. The van der Waals surface area contributed by atoms with Crippen molar-refractivity contribution in [2.24, 2.45) is 0 Å². The number of aromatic nitrogens is 1. The zero-order chi connectivity index (χ0) is 18.8. The molecular weight excluding hydrogens is 353 g/mol. The minimum Gasteiger partial charge on any atom is -0.756 e. The monoisotopic (exact) mass is 375 g/mol. The molecule has 1 aliphatic rings. The summed E-state index contributed by atoms with van der Waals surface area (Å²) in [5, 5.41) is 20.2. The normalized spacial score (nSPS) is 28.9. The number of nitrogens with zero attached hydrogens (tertiary/aromatic N) is 1. The van der Waals surface area contributed by atoms with Crippen molar-refractivity contribution in [3.05, 3.63) is 30.1 Å². The molecule has 1 fully saturated rings. The highest BCUT2D eigenvalue weighted by Crippen LogP contribution is 2.41. The summed E-state index contributed by atoms with van der Waals surface area (Å²) in [6, 6.07) is 3.21. The van der Waals surface area contributed by atoms with Crippen LogP contribution in [0.5, 0.6) is 0 Å². The number of phosphoric ester groups is 1. The summed E-state index contributed by atoms with van der Waals surface area (Å²) in [5.74, 6) is -0.166.